The van der Waals surface area contributed by atoms with E-state index in [9.17, 15) is 8.78 Å². The minimum atomic E-state index is -0.433. The quantitative estimate of drug-likeness (QED) is 0.880. The van der Waals surface area contributed by atoms with E-state index in [1.165, 1.54) is 12.1 Å². The van der Waals surface area contributed by atoms with E-state index in [4.69, 9.17) is 11.6 Å². The summed E-state index contributed by atoms with van der Waals surface area (Å²) < 4.78 is 26.8. The molecule has 0 aliphatic rings. The van der Waals surface area contributed by atoms with Gasteiger partial charge in [0.2, 0.25) is 0 Å². The Bertz CT molecular complexity index is 613. The normalized spacial score (nSPS) is 12.4. The molecule has 1 unspecified atom stereocenters. The van der Waals surface area contributed by atoms with Gasteiger partial charge < -0.3 is 5.32 Å². The zero-order valence-electron chi connectivity index (χ0n) is 11.4. The van der Waals surface area contributed by atoms with Gasteiger partial charge in [-0.15, -0.1) is 0 Å². The van der Waals surface area contributed by atoms with Crippen molar-refractivity contribution in [1.29, 1.82) is 0 Å². The molecule has 2 aromatic rings. The molecule has 0 fully saturated rings. The van der Waals surface area contributed by atoms with Crippen LogP contribution >= 0.6 is 11.6 Å². The third-order valence-corrected chi connectivity index (χ3v) is 3.66. The summed E-state index contributed by atoms with van der Waals surface area (Å²) in [5.74, 6) is -0.655. The van der Waals surface area contributed by atoms with Gasteiger partial charge in [0.05, 0.1) is 5.02 Å². The Labute approximate surface area is 122 Å². The molecule has 2 aromatic carbocycles. The van der Waals surface area contributed by atoms with Crippen molar-refractivity contribution < 1.29 is 8.78 Å². The second-order valence-electron chi connectivity index (χ2n) is 4.80. The van der Waals surface area contributed by atoms with Crippen LogP contribution in [0.3, 0.4) is 0 Å². The van der Waals surface area contributed by atoms with E-state index in [1.54, 1.807) is 25.1 Å². The molecule has 2 rings (SSSR count). The molecule has 0 aliphatic heterocycles. The number of aryl methyl sites for hydroxylation is 1. The highest BCUT2D eigenvalue weighted by Crippen LogP contribution is 2.23. The average molecular weight is 296 g/mol. The van der Waals surface area contributed by atoms with Crippen molar-refractivity contribution in [2.45, 2.75) is 19.4 Å². The monoisotopic (exact) mass is 295 g/mol. The molecule has 1 atom stereocenters. The number of hydrogen-bond donors (Lipinski definition) is 1. The molecule has 1 N–H and O–H groups in total. The largest absolute Gasteiger partial charge is 0.313 e. The van der Waals surface area contributed by atoms with Crippen molar-refractivity contribution in [3.8, 4) is 0 Å². The van der Waals surface area contributed by atoms with Gasteiger partial charge in [-0.2, -0.15) is 0 Å². The third kappa shape index (κ3) is 3.35. The molecule has 0 spiro atoms. The van der Waals surface area contributed by atoms with E-state index in [1.807, 2.05) is 13.1 Å². The Hall–Kier alpha value is -1.45. The lowest BCUT2D eigenvalue weighted by Crippen LogP contribution is -2.19. The molecular weight excluding hydrogens is 280 g/mol. The van der Waals surface area contributed by atoms with Crippen molar-refractivity contribution in [3.05, 3.63) is 69.7 Å². The van der Waals surface area contributed by atoms with Crippen LogP contribution in [0, 0.1) is 18.6 Å². The number of benzene rings is 2. The summed E-state index contributed by atoms with van der Waals surface area (Å²) in [6, 6.07) is 9.77. The van der Waals surface area contributed by atoms with E-state index in [0.29, 0.717) is 12.0 Å². The Morgan fingerprint density at radius 2 is 1.85 bits per heavy atom. The van der Waals surface area contributed by atoms with E-state index in [-0.39, 0.29) is 16.9 Å². The van der Waals surface area contributed by atoms with Gasteiger partial charge >= 0.3 is 0 Å². The molecule has 1 nitrogen and oxygen atoms in total. The molecule has 0 saturated carbocycles. The lowest BCUT2D eigenvalue weighted by molar-refractivity contribution is 0.573. The Balaban J connectivity index is 2.23. The highest BCUT2D eigenvalue weighted by Gasteiger charge is 2.13. The standard InChI is InChI=1S/C16H16ClF2N/c1-10-3-5-12(9-15(10)19)16(20-2)8-11-4-6-14(18)13(17)7-11/h3-7,9,16,20H,8H2,1-2H3. The van der Waals surface area contributed by atoms with E-state index >= 15 is 0 Å². The molecule has 0 aliphatic carbocycles. The molecule has 0 heterocycles. The van der Waals surface area contributed by atoms with Crippen LogP contribution < -0.4 is 5.32 Å². The molecule has 4 heteroatoms. The highest BCUT2D eigenvalue weighted by atomic mass is 35.5. The predicted molar refractivity (Wildman–Crippen MR) is 78.1 cm³/mol. The first-order chi connectivity index (χ1) is 9.51. The highest BCUT2D eigenvalue weighted by molar-refractivity contribution is 6.30. The number of rotatable bonds is 4. The van der Waals surface area contributed by atoms with Crippen LogP contribution in [0.1, 0.15) is 22.7 Å². The molecule has 0 saturated heterocycles. The Kier molecular flexibility index (Phi) is 4.73. The summed E-state index contributed by atoms with van der Waals surface area (Å²) in [6.07, 6.45) is 0.610. The fraction of sp³-hybridized carbons (Fsp3) is 0.250. The first kappa shape index (κ1) is 14.9. The Morgan fingerprint density at radius 1 is 1.10 bits per heavy atom. The lowest BCUT2D eigenvalue weighted by Gasteiger charge is -2.17. The molecule has 0 radical (unpaired) electrons. The topological polar surface area (TPSA) is 12.0 Å². The lowest BCUT2D eigenvalue weighted by atomic mass is 9.98. The summed E-state index contributed by atoms with van der Waals surface area (Å²) in [4.78, 5) is 0. The van der Waals surface area contributed by atoms with E-state index in [0.717, 1.165) is 11.1 Å². The van der Waals surface area contributed by atoms with Crippen molar-refractivity contribution >= 4 is 11.6 Å². The summed E-state index contributed by atoms with van der Waals surface area (Å²) in [5.41, 5.74) is 2.38. The zero-order chi connectivity index (χ0) is 14.7. The van der Waals surface area contributed by atoms with Crippen molar-refractivity contribution in [3.63, 3.8) is 0 Å². The van der Waals surface area contributed by atoms with Gasteiger partial charge in [0, 0.05) is 6.04 Å². The molecule has 0 amide bonds. The van der Waals surface area contributed by atoms with Gasteiger partial charge in [0.25, 0.3) is 0 Å². The second kappa shape index (κ2) is 6.33. The van der Waals surface area contributed by atoms with E-state index < -0.39 is 5.82 Å². The summed E-state index contributed by atoms with van der Waals surface area (Å²) >= 11 is 5.78. The molecule has 106 valence electrons. The summed E-state index contributed by atoms with van der Waals surface area (Å²) in [5, 5.41) is 3.25. The van der Waals surface area contributed by atoms with Crippen LogP contribution in [0.15, 0.2) is 36.4 Å². The van der Waals surface area contributed by atoms with Gasteiger partial charge in [-0.25, -0.2) is 8.78 Å². The van der Waals surface area contributed by atoms with Crippen LogP contribution in [-0.4, -0.2) is 7.05 Å². The number of hydrogen-bond acceptors (Lipinski definition) is 1. The first-order valence-electron chi connectivity index (χ1n) is 6.38. The predicted octanol–water partition coefficient (Wildman–Crippen LogP) is 4.43. The van der Waals surface area contributed by atoms with Crippen molar-refractivity contribution in [2.75, 3.05) is 7.05 Å². The SMILES string of the molecule is CNC(Cc1ccc(F)c(Cl)c1)c1ccc(C)c(F)c1. The van der Waals surface area contributed by atoms with Crippen LogP contribution in [0.2, 0.25) is 5.02 Å². The fourth-order valence-corrected chi connectivity index (χ4v) is 2.32. The maximum atomic E-state index is 13.6. The smallest absolute Gasteiger partial charge is 0.141 e. The summed E-state index contributed by atoms with van der Waals surface area (Å²) in [7, 11) is 1.81. The van der Waals surface area contributed by atoms with Crippen molar-refractivity contribution in [1.82, 2.24) is 5.32 Å². The van der Waals surface area contributed by atoms with Gasteiger partial charge in [0.1, 0.15) is 11.6 Å². The number of likely N-dealkylation sites (N-methyl/N-ethyl adjacent to an activating group) is 1. The number of nitrogens with one attached hydrogen (secondary N) is 1. The maximum absolute atomic E-state index is 13.6. The fourth-order valence-electron chi connectivity index (χ4n) is 2.11. The summed E-state index contributed by atoms with van der Waals surface area (Å²) in [6.45, 7) is 1.73. The minimum Gasteiger partial charge on any atom is -0.313 e. The average Bonchev–Trinajstić information content (AvgIpc) is 2.43. The second-order valence-corrected chi connectivity index (χ2v) is 5.21. The van der Waals surface area contributed by atoms with Crippen molar-refractivity contribution in [2.24, 2.45) is 0 Å². The van der Waals surface area contributed by atoms with Crippen LogP contribution in [0.5, 0.6) is 0 Å². The van der Waals surface area contributed by atoms with Crippen LogP contribution in [-0.2, 0) is 6.42 Å². The molecule has 20 heavy (non-hydrogen) atoms. The van der Waals surface area contributed by atoms with E-state index in [2.05, 4.69) is 5.32 Å². The third-order valence-electron chi connectivity index (χ3n) is 3.37. The van der Waals surface area contributed by atoms with Gasteiger partial charge in [-0.05, 0) is 55.3 Å². The zero-order valence-corrected chi connectivity index (χ0v) is 12.1. The van der Waals surface area contributed by atoms with Crippen LogP contribution in [0.4, 0.5) is 8.78 Å². The minimum absolute atomic E-state index is 0.0494. The first-order valence-corrected chi connectivity index (χ1v) is 6.76. The van der Waals surface area contributed by atoms with Gasteiger partial charge in [0.15, 0.2) is 0 Å². The molecule has 0 bridgehead atoms. The van der Waals surface area contributed by atoms with Gasteiger partial charge in [-0.1, -0.05) is 29.8 Å². The number of halogens is 3. The Morgan fingerprint density at radius 3 is 2.45 bits per heavy atom. The van der Waals surface area contributed by atoms with Crippen LogP contribution in [0.25, 0.3) is 0 Å². The molecular formula is C16H16ClF2N. The van der Waals surface area contributed by atoms with Gasteiger partial charge in [-0.3, -0.25) is 0 Å². The molecule has 0 aromatic heterocycles. The maximum Gasteiger partial charge on any atom is 0.141 e.